The van der Waals surface area contributed by atoms with Crippen LogP contribution < -0.4 is 10.0 Å². The number of nitrogens with zero attached hydrogens (tertiary/aromatic N) is 1. The van der Waals surface area contributed by atoms with Crippen LogP contribution in [0.3, 0.4) is 0 Å². The zero-order chi connectivity index (χ0) is 23.3. The molecule has 174 valence electrons. The average molecular weight is 460 g/mol. The summed E-state index contributed by atoms with van der Waals surface area (Å²) in [5.74, 6) is 0.0424. The second-order valence-electron chi connectivity index (χ2n) is 8.69. The van der Waals surface area contributed by atoms with Crippen LogP contribution in [0.2, 0.25) is 0 Å². The molecule has 0 saturated carbocycles. The van der Waals surface area contributed by atoms with Crippen molar-refractivity contribution < 1.29 is 18.3 Å². The Morgan fingerprint density at radius 3 is 2.16 bits per heavy atom. The molecule has 0 bridgehead atoms. The molecule has 0 aliphatic carbocycles. The molecule has 2 aromatic carbocycles. The minimum atomic E-state index is -3.56. The van der Waals surface area contributed by atoms with Crippen molar-refractivity contribution in [2.75, 3.05) is 18.4 Å². The highest BCUT2D eigenvalue weighted by Gasteiger charge is 2.30. The smallest absolute Gasteiger partial charge is 0.241 e. The molecule has 1 fully saturated rings. The van der Waals surface area contributed by atoms with Gasteiger partial charge in [-0.3, -0.25) is 9.69 Å². The summed E-state index contributed by atoms with van der Waals surface area (Å²) in [7, 11) is -3.56. The van der Waals surface area contributed by atoms with Gasteiger partial charge in [-0.05, 0) is 82.4 Å². The second-order valence-corrected chi connectivity index (χ2v) is 10.4. The van der Waals surface area contributed by atoms with Crippen LogP contribution in [-0.4, -0.2) is 49.5 Å². The predicted octanol–water partition coefficient (Wildman–Crippen LogP) is 3.15. The van der Waals surface area contributed by atoms with Crippen molar-refractivity contribution in [1.82, 2.24) is 9.62 Å². The van der Waals surface area contributed by atoms with Gasteiger partial charge in [-0.2, -0.15) is 0 Å². The first kappa shape index (κ1) is 24.4. The van der Waals surface area contributed by atoms with Gasteiger partial charge in [0.1, 0.15) is 0 Å². The van der Waals surface area contributed by atoms with E-state index in [1.807, 2.05) is 37.3 Å². The summed E-state index contributed by atoms with van der Waals surface area (Å²) in [5.41, 5.74) is 1.49. The average Bonchev–Trinajstić information content (AvgIpc) is 2.78. The van der Waals surface area contributed by atoms with Crippen LogP contribution in [0.5, 0.6) is 0 Å². The molecule has 2 aromatic rings. The molecule has 0 aromatic heterocycles. The van der Waals surface area contributed by atoms with E-state index in [2.05, 4.69) is 14.9 Å². The zero-order valence-electron chi connectivity index (χ0n) is 18.9. The van der Waals surface area contributed by atoms with Gasteiger partial charge in [0.15, 0.2) is 0 Å². The fraction of sp³-hybridized carbons (Fsp3) is 0.458. The van der Waals surface area contributed by atoms with E-state index in [1.165, 1.54) is 12.1 Å². The number of likely N-dealkylation sites (tertiary alicyclic amines) is 1. The predicted molar refractivity (Wildman–Crippen MR) is 126 cm³/mol. The number of benzene rings is 2. The van der Waals surface area contributed by atoms with Crippen LogP contribution in [0.4, 0.5) is 5.69 Å². The number of hydrogen-bond acceptors (Lipinski definition) is 5. The molecule has 7 nitrogen and oxygen atoms in total. The first-order valence-electron chi connectivity index (χ1n) is 11.1. The maximum Gasteiger partial charge on any atom is 0.241 e. The molecule has 0 radical (unpaired) electrons. The first-order chi connectivity index (χ1) is 15.2. The van der Waals surface area contributed by atoms with Crippen molar-refractivity contribution in [2.45, 2.75) is 56.7 Å². The molecule has 2 unspecified atom stereocenters. The van der Waals surface area contributed by atoms with Crippen molar-refractivity contribution in [3.8, 4) is 0 Å². The highest BCUT2D eigenvalue weighted by molar-refractivity contribution is 7.89. The number of nitrogens with one attached hydrogen (secondary N) is 2. The summed E-state index contributed by atoms with van der Waals surface area (Å²) in [6.07, 6.45) is 1.16. The lowest BCUT2D eigenvalue weighted by atomic mass is 9.87. The van der Waals surface area contributed by atoms with Gasteiger partial charge < -0.3 is 10.4 Å². The van der Waals surface area contributed by atoms with Crippen LogP contribution in [0.25, 0.3) is 0 Å². The number of anilines is 1. The van der Waals surface area contributed by atoms with Gasteiger partial charge in [-0.1, -0.05) is 30.3 Å². The number of amides is 1. The molecular formula is C24H33N3O4S. The van der Waals surface area contributed by atoms with Gasteiger partial charge in [-0.25, -0.2) is 13.1 Å². The van der Waals surface area contributed by atoms with Crippen LogP contribution in [0.15, 0.2) is 59.5 Å². The second kappa shape index (κ2) is 10.6. The quantitative estimate of drug-likeness (QED) is 0.563. The van der Waals surface area contributed by atoms with Gasteiger partial charge in [0, 0.05) is 11.7 Å². The third-order valence-corrected chi connectivity index (χ3v) is 7.59. The first-order valence-corrected chi connectivity index (χ1v) is 12.6. The van der Waals surface area contributed by atoms with E-state index in [0.717, 1.165) is 31.5 Å². The number of aliphatic hydroxyl groups excluding tert-OH is 1. The van der Waals surface area contributed by atoms with Crippen molar-refractivity contribution in [3.05, 3.63) is 60.2 Å². The lowest BCUT2D eigenvalue weighted by molar-refractivity contribution is -0.121. The molecule has 8 heteroatoms. The molecule has 3 rings (SSSR count). The fourth-order valence-electron chi connectivity index (χ4n) is 4.05. The Bertz CT molecular complexity index is 986. The van der Waals surface area contributed by atoms with E-state index in [9.17, 15) is 18.3 Å². The lowest BCUT2D eigenvalue weighted by Gasteiger charge is -2.37. The van der Waals surface area contributed by atoms with E-state index >= 15 is 0 Å². The Hall–Kier alpha value is -2.26. The van der Waals surface area contributed by atoms with Crippen LogP contribution in [0, 0.1) is 5.92 Å². The molecule has 1 heterocycles. The molecule has 1 aliphatic rings. The van der Waals surface area contributed by atoms with E-state index in [4.69, 9.17) is 0 Å². The van der Waals surface area contributed by atoms with E-state index in [-0.39, 0.29) is 28.8 Å². The summed E-state index contributed by atoms with van der Waals surface area (Å²) in [4.78, 5) is 15.0. The van der Waals surface area contributed by atoms with Crippen LogP contribution in [-0.2, 0) is 14.8 Å². The molecule has 1 saturated heterocycles. The third-order valence-electron chi connectivity index (χ3n) is 5.91. The maximum absolute atomic E-state index is 12.7. The number of carbonyl (C=O) groups is 1. The van der Waals surface area contributed by atoms with Crippen molar-refractivity contribution in [3.63, 3.8) is 0 Å². The monoisotopic (exact) mass is 459 g/mol. The Balaban J connectivity index is 1.53. The maximum atomic E-state index is 12.7. The number of rotatable bonds is 8. The SMILES string of the molecule is CC(C)NS(=O)(=O)c1ccc(NC(=O)C(C)N2CCC(C(O)c3ccccc3)CC2)cc1. The van der Waals surface area contributed by atoms with Gasteiger partial charge >= 0.3 is 0 Å². The topological polar surface area (TPSA) is 98.7 Å². The number of aliphatic hydroxyl groups is 1. The molecule has 0 spiro atoms. The van der Waals surface area contributed by atoms with Crippen LogP contribution in [0.1, 0.15) is 45.3 Å². The van der Waals surface area contributed by atoms with Gasteiger partial charge in [-0.15, -0.1) is 0 Å². The molecule has 2 atom stereocenters. The normalized spacial score (nSPS) is 17.8. The highest BCUT2D eigenvalue weighted by atomic mass is 32.2. The Morgan fingerprint density at radius 1 is 1.00 bits per heavy atom. The largest absolute Gasteiger partial charge is 0.388 e. The Kier molecular flexibility index (Phi) is 8.05. The van der Waals surface area contributed by atoms with Gasteiger partial charge in [0.2, 0.25) is 15.9 Å². The number of carbonyl (C=O) groups excluding carboxylic acids is 1. The number of piperidine rings is 1. The standard InChI is InChI=1S/C24H33N3O4S/c1-17(2)26-32(30,31)22-11-9-21(10-12-22)25-24(29)18(3)27-15-13-20(14-16-27)23(28)19-7-5-4-6-8-19/h4-12,17-18,20,23,26,28H,13-16H2,1-3H3,(H,25,29). The molecular weight excluding hydrogens is 426 g/mol. The Labute approximate surface area is 190 Å². The summed E-state index contributed by atoms with van der Waals surface area (Å²) in [6.45, 7) is 6.87. The van der Waals surface area contributed by atoms with Gasteiger partial charge in [0.25, 0.3) is 0 Å². The van der Waals surface area contributed by atoms with Crippen molar-refractivity contribution in [2.24, 2.45) is 5.92 Å². The summed E-state index contributed by atoms with van der Waals surface area (Å²) in [6, 6.07) is 15.4. The summed E-state index contributed by atoms with van der Waals surface area (Å²) in [5, 5.41) is 13.5. The molecule has 1 amide bonds. The minimum Gasteiger partial charge on any atom is -0.388 e. The Morgan fingerprint density at radius 2 is 1.59 bits per heavy atom. The number of sulfonamides is 1. The lowest BCUT2D eigenvalue weighted by Crippen LogP contribution is -2.46. The highest BCUT2D eigenvalue weighted by Crippen LogP contribution is 2.31. The van der Waals surface area contributed by atoms with E-state index in [1.54, 1.807) is 26.0 Å². The van der Waals surface area contributed by atoms with Gasteiger partial charge in [0.05, 0.1) is 17.0 Å². The third kappa shape index (κ3) is 6.16. The van der Waals surface area contributed by atoms with E-state index < -0.39 is 16.1 Å². The number of hydrogen-bond donors (Lipinski definition) is 3. The zero-order valence-corrected chi connectivity index (χ0v) is 19.7. The fourth-order valence-corrected chi connectivity index (χ4v) is 5.30. The molecule has 3 N–H and O–H groups in total. The van der Waals surface area contributed by atoms with Crippen molar-refractivity contribution in [1.29, 1.82) is 0 Å². The summed E-state index contributed by atoms with van der Waals surface area (Å²) < 4.78 is 27.0. The summed E-state index contributed by atoms with van der Waals surface area (Å²) >= 11 is 0. The molecule has 32 heavy (non-hydrogen) atoms. The van der Waals surface area contributed by atoms with Crippen molar-refractivity contribution >= 4 is 21.6 Å². The molecule has 1 aliphatic heterocycles. The van der Waals surface area contributed by atoms with Crippen LogP contribution >= 0.6 is 0 Å². The van der Waals surface area contributed by atoms with E-state index in [0.29, 0.717) is 5.69 Å². The minimum absolute atomic E-state index is 0.136.